The molecule has 0 radical (unpaired) electrons. The maximum Gasteiger partial charge on any atom is 0.268 e. The number of phosphoric ester groups is 1. The summed E-state index contributed by atoms with van der Waals surface area (Å²) in [6.07, 6.45) is 4.16. The Bertz CT molecular complexity index is 1570. The van der Waals surface area contributed by atoms with Gasteiger partial charge >= 0.3 is 0 Å². The molecule has 1 unspecified atom stereocenters. The molecule has 0 bridgehead atoms. The Balaban J connectivity index is 0.974. The van der Waals surface area contributed by atoms with Crippen molar-refractivity contribution in [1.82, 2.24) is 19.9 Å². The molecule has 2 saturated heterocycles. The Hall–Kier alpha value is -3.45. The van der Waals surface area contributed by atoms with Gasteiger partial charge in [-0.1, -0.05) is 24.3 Å². The van der Waals surface area contributed by atoms with Crippen molar-refractivity contribution in [2.24, 2.45) is 0 Å². The van der Waals surface area contributed by atoms with E-state index in [-0.39, 0.29) is 18.6 Å². The summed E-state index contributed by atoms with van der Waals surface area (Å²) in [5.74, 6) is 0. The Morgan fingerprint density at radius 1 is 0.778 bits per heavy atom. The standard InChI is InChI=1S/C32H35N4O8P/c37-19-31-30(16-24(42-31)14-22-8-10-28(36-18-22)26-6-2-4-12-34-26)44-45(39,40)41-20-32-29(38)15-23(43-32)13-21-7-9-27(35-17-21)25-5-1-3-11-33-25/h1-12,17-18,23-24,29-32,37-38H,13-16,19-20H2,(H,39,40)/p-1/t23-,24-,29+,30+,31-,32-/m1/s1. The van der Waals surface area contributed by atoms with E-state index in [1.54, 1.807) is 24.8 Å². The predicted octanol–water partition coefficient (Wildman–Crippen LogP) is 2.92. The van der Waals surface area contributed by atoms with Crippen molar-refractivity contribution in [3.63, 3.8) is 0 Å². The average molecular weight is 634 g/mol. The number of rotatable bonds is 12. The number of nitrogens with zero attached hydrogens (tertiary/aromatic N) is 4. The second-order valence-electron chi connectivity index (χ2n) is 11.1. The third-order valence-corrected chi connectivity index (χ3v) is 8.84. The number of aromatic nitrogens is 4. The maximum absolute atomic E-state index is 12.7. The fourth-order valence-electron chi connectivity index (χ4n) is 5.61. The van der Waals surface area contributed by atoms with Crippen LogP contribution in [0.3, 0.4) is 0 Å². The van der Waals surface area contributed by atoms with Gasteiger partial charge in [0.2, 0.25) is 0 Å². The summed E-state index contributed by atoms with van der Waals surface area (Å²) in [4.78, 5) is 30.3. The molecule has 6 heterocycles. The SMILES string of the molecule is O=P([O-])(OC[C@H]1O[C@H](Cc2ccc(-c3ccccn3)nc2)C[C@@H]1O)O[C@H]1C[C@@H](Cc2ccc(-c3ccccn3)nc2)O[C@@H]1CO. The van der Waals surface area contributed by atoms with Crippen molar-refractivity contribution in [3.8, 4) is 22.8 Å². The van der Waals surface area contributed by atoms with Gasteiger partial charge in [-0.15, -0.1) is 0 Å². The minimum atomic E-state index is -4.81. The highest BCUT2D eigenvalue weighted by Crippen LogP contribution is 2.44. The smallest absolute Gasteiger partial charge is 0.268 e. The van der Waals surface area contributed by atoms with E-state index in [9.17, 15) is 19.7 Å². The summed E-state index contributed by atoms with van der Waals surface area (Å²) in [6.45, 7) is -0.813. The van der Waals surface area contributed by atoms with Crippen LogP contribution in [0.1, 0.15) is 24.0 Å². The molecule has 0 spiro atoms. The predicted molar refractivity (Wildman–Crippen MR) is 160 cm³/mol. The van der Waals surface area contributed by atoms with E-state index in [1.165, 1.54) is 0 Å². The molecule has 45 heavy (non-hydrogen) atoms. The second-order valence-corrected chi connectivity index (χ2v) is 12.5. The molecule has 2 aliphatic rings. The lowest BCUT2D eigenvalue weighted by Crippen LogP contribution is -2.31. The number of aliphatic hydroxyl groups excluding tert-OH is 2. The highest BCUT2D eigenvalue weighted by atomic mass is 31.2. The van der Waals surface area contributed by atoms with E-state index in [2.05, 4.69) is 19.9 Å². The lowest BCUT2D eigenvalue weighted by molar-refractivity contribution is -0.234. The molecule has 0 aliphatic carbocycles. The molecule has 2 N–H and O–H groups in total. The van der Waals surface area contributed by atoms with E-state index in [4.69, 9.17) is 18.5 Å². The van der Waals surface area contributed by atoms with Crippen LogP contribution in [0, 0.1) is 0 Å². The zero-order valence-electron chi connectivity index (χ0n) is 24.4. The van der Waals surface area contributed by atoms with Gasteiger partial charge in [0.25, 0.3) is 7.82 Å². The average Bonchev–Trinajstić information content (AvgIpc) is 3.62. The molecule has 4 aromatic heterocycles. The van der Waals surface area contributed by atoms with Crippen LogP contribution in [0.5, 0.6) is 0 Å². The number of ether oxygens (including phenoxy) is 2. The molecule has 236 valence electrons. The van der Waals surface area contributed by atoms with Crippen LogP contribution >= 0.6 is 7.82 Å². The molecule has 12 nitrogen and oxygen atoms in total. The number of phosphoric acid groups is 1. The maximum atomic E-state index is 12.7. The third kappa shape index (κ3) is 8.23. The molecule has 4 aromatic rings. The van der Waals surface area contributed by atoms with E-state index in [0.29, 0.717) is 19.3 Å². The van der Waals surface area contributed by atoms with Crippen LogP contribution in [-0.4, -0.2) is 80.0 Å². The molecule has 6 rings (SSSR count). The summed E-state index contributed by atoms with van der Waals surface area (Å²) in [7, 11) is -4.81. The summed E-state index contributed by atoms with van der Waals surface area (Å²) in [5.41, 5.74) is 4.82. The van der Waals surface area contributed by atoms with E-state index in [1.807, 2.05) is 60.7 Å². The first-order valence-electron chi connectivity index (χ1n) is 14.8. The molecular weight excluding hydrogens is 599 g/mol. The van der Waals surface area contributed by atoms with Gasteiger partial charge < -0.3 is 33.6 Å². The highest BCUT2D eigenvalue weighted by molar-refractivity contribution is 7.45. The molecule has 7 atom stereocenters. The molecule has 0 aromatic carbocycles. The lowest BCUT2D eigenvalue weighted by atomic mass is 10.1. The fraction of sp³-hybridized carbons (Fsp3) is 0.375. The normalized spacial score (nSPS) is 26.1. The molecule has 2 fully saturated rings. The third-order valence-electron chi connectivity index (χ3n) is 7.85. The minimum absolute atomic E-state index is 0.237. The first kappa shape index (κ1) is 31.5. The van der Waals surface area contributed by atoms with Crippen LogP contribution < -0.4 is 4.89 Å². The van der Waals surface area contributed by atoms with Crippen LogP contribution in [0.25, 0.3) is 22.8 Å². The number of hydrogen-bond donors (Lipinski definition) is 2. The van der Waals surface area contributed by atoms with Gasteiger partial charge in [-0.3, -0.25) is 24.5 Å². The molecule has 13 heteroatoms. The molecule has 2 aliphatic heterocycles. The first-order valence-corrected chi connectivity index (χ1v) is 16.3. The van der Waals surface area contributed by atoms with Gasteiger partial charge in [-0.05, 0) is 47.5 Å². The summed E-state index contributed by atoms with van der Waals surface area (Å²) in [6, 6.07) is 18.8. The minimum Gasteiger partial charge on any atom is -0.756 e. The highest BCUT2D eigenvalue weighted by Gasteiger charge is 2.39. The van der Waals surface area contributed by atoms with Crippen LogP contribution in [0.4, 0.5) is 0 Å². The Morgan fingerprint density at radius 2 is 1.33 bits per heavy atom. The zero-order chi connectivity index (χ0) is 31.2. The van der Waals surface area contributed by atoms with Crippen molar-refractivity contribution in [2.75, 3.05) is 13.2 Å². The van der Waals surface area contributed by atoms with Crippen molar-refractivity contribution in [1.29, 1.82) is 0 Å². The Kier molecular flexibility index (Phi) is 10.0. The van der Waals surface area contributed by atoms with Crippen molar-refractivity contribution in [2.45, 2.75) is 62.3 Å². The topological polar surface area (TPSA) is 169 Å². The van der Waals surface area contributed by atoms with Crippen molar-refractivity contribution < 1.29 is 38.2 Å². The van der Waals surface area contributed by atoms with Crippen LogP contribution in [-0.2, 0) is 35.9 Å². The summed E-state index contributed by atoms with van der Waals surface area (Å²) >= 11 is 0. The molecule has 0 saturated carbocycles. The van der Waals surface area contributed by atoms with E-state index >= 15 is 0 Å². The fourth-order valence-corrected chi connectivity index (χ4v) is 6.55. The quantitative estimate of drug-likeness (QED) is 0.219. The monoisotopic (exact) mass is 633 g/mol. The summed E-state index contributed by atoms with van der Waals surface area (Å²) in [5, 5.41) is 20.3. The summed E-state index contributed by atoms with van der Waals surface area (Å²) < 4.78 is 35.0. The van der Waals surface area contributed by atoms with E-state index < -0.39 is 45.5 Å². The van der Waals surface area contributed by atoms with E-state index in [0.717, 1.165) is 33.9 Å². The van der Waals surface area contributed by atoms with Crippen LogP contribution in [0.2, 0.25) is 0 Å². The van der Waals surface area contributed by atoms with Crippen molar-refractivity contribution >= 4 is 7.82 Å². The van der Waals surface area contributed by atoms with Crippen molar-refractivity contribution in [3.05, 3.63) is 96.6 Å². The van der Waals surface area contributed by atoms with Gasteiger partial charge in [-0.2, -0.15) is 0 Å². The Labute approximate surface area is 260 Å². The van der Waals surface area contributed by atoms with Gasteiger partial charge in [0.15, 0.2) is 0 Å². The molecular formula is C32H34N4O8P-. The zero-order valence-corrected chi connectivity index (χ0v) is 25.3. The largest absolute Gasteiger partial charge is 0.756 e. The number of aliphatic hydroxyl groups is 2. The first-order chi connectivity index (χ1) is 21.8. The molecule has 0 amide bonds. The van der Waals surface area contributed by atoms with Gasteiger partial charge in [-0.25, -0.2) is 0 Å². The Morgan fingerprint density at radius 3 is 1.84 bits per heavy atom. The van der Waals surface area contributed by atoms with Crippen LogP contribution in [0.15, 0.2) is 85.5 Å². The van der Waals surface area contributed by atoms with Gasteiger partial charge in [0, 0.05) is 50.5 Å². The number of hydrogen-bond acceptors (Lipinski definition) is 12. The number of pyridine rings is 4. The van der Waals surface area contributed by atoms with Gasteiger partial charge in [0.05, 0.1) is 60.4 Å². The van der Waals surface area contributed by atoms with Gasteiger partial charge in [0.1, 0.15) is 12.2 Å². The second kappa shape index (κ2) is 14.3. The lowest BCUT2D eigenvalue weighted by Gasteiger charge is -2.29.